The van der Waals surface area contributed by atoms with Crippen molar-refractivity contribution in [2.45, 2.75) is 0 Å². The summed E-state index contributed by atoms with van der Waals surface area (Å²) in [7, 11) is 1.61. The second-order valence-electron chi connectivity index (χ2n) is 5.82. The van der Waals surface area contributed by atoms with E-state index < -0.39 is 0 Å². The average molecular weight is 341 g/mol. The topological polar surface area (TPSA) is 70.6 Å². The maximum atomic E-state index is 12.0. The molecule has 0 aromatic carbocycles. The smallest absolute Gasteiger partial charge is 0.252 e. The molecular weight excluding hydrogens is 318 g/mol. The zero-order chi connectivity index (χ0) is 17.5. The number of nitrogens with zero attached hydrogens (tertiary/aromatic N) is 4. The third-order valence-corrected chi connectivity index (χ3v) is 4.18. The highest BCUT2D eigenvalue weighted by molar-refractivity contribution is 5.94. The molecule has 1 fully saturated rings. The van der Waals surface area contributed by atoms with Crippen LogP contribution in [0.25, 0.3) is 0 Å². The summed E-state index contributed by atoms with van der Waals surface area (Å²) in [4.78, 5) is 25.3. The van der Waals surface area contributed by atoms with Crippen LogP contribution in [-0.4, -0.2) is 62.3 Å². The number of nitrogens with one attached hydrogen (secondary N) is 1. The second-order valence-corrected chi connectivity index (χ2v) is 5.82. The predicted octanol–water partition coefficient (Wildman–Crippen LogP) is 1.18. The molecule has 0 aliphatic carbocycles. The number of aromatic nitrogens is 2. The van der Waals surface area contributed by atoms with Gasteiger partial charge in [-0.05, 0) is 24.3 Å². The highest BCUT2D eigenvalue weighted by Crippen LogP contribution is 2.17. The van der Waals surface area contributed by atoms with Gasteiger partial charge in [-0.15, -0.1) is 0 Å². The number of methoxy groups -OCH3 is 1. The lowest BCUT2D eigenvalue weighted by molar-refractivity contribution is 0.0937. The maximum absolute atomic E-state index is 12.0. The molecule has 2 aromatic heterocycles. The summed E-state index contributed by atoms with van der Waals surface area (Å²) in [6, 6.07) is 9.69. The molecule has 1 amide bonds. The Kier molecular flexibility index (Phi) is 5.79. The molecule has 0 unspecified atom stereocenters. The Morgan fingerprint density at radius 1 is 1.08 bits per heavy atom. The Labute approximate surface area is 147 Å². The van der Waals surface area contributed by atoms with Crippen molar-refractivity contribution >= 4 is 17.5 Å². The van der Waals surface area contributed by atoms with Gasteiger partial charge in [0.1, 0.15) is 11.6 Å². The minimum atomic E-state index is -0.129. The van der Waals surface area contributed by atoms with E-state index in [2.05, 4.69) is 25.1 Å². The Balaban J connectivity index is 1.54. The van der Waals surface area contributed by atoms with Crippen molar-refractivity contribution in [3.8, 4) is 0 Å². The number of piperazine rings is 1. The van der Waals surface area contributed by atoms with Crippen LogP contribution in [0, 0.1) is 0 Å². The molecular formula is C18H23N5O2. The first-order valence-electron chi connectivity index (χ1n) is 8.42. The fourth-order valence-corrected chi connectivity index (χ4v) is 2.78. The van der Waals surface area contributed by atoms with Gasteiger partial charge in [0.15, 0.2) is 0 Å². The van der Waals surface area contributed by atoms with Crippen molar-refractivity contribution in [1.29, 1.82) is 0 Å². The number of carbonyl (C=O) groups is 1. The summed E-state index contributed by atoms with van der Waals surface area (Å²) in [6.07, 6.45) is 3.45. The van der Waals surface area contributed by atoms with Crippen LogP contribution in [0.2, 0.25) is 0 Å². The summed E-state index contributed by atoms with van der Waals surface area (Å²) < 4.78 is 4.92. The summed E-state index contributed by atoms with van der Waals surface area (Å²) >= 11 is 0. The van der Waals surface area contributed by atoms with Crippen LogP contribution < -0.4 is 15.1 Å². The van der Waals surface area contributed by atoms with Crippen molar-refractivity contribution in [3.63, 3.8) is 0 Å². The van der Waals surface area contributed by atoms with Gasteiger partial charge in [-0.25, -0.2) is 9.97 Å². The van der Waals surface area contributed by atoms with Crippen molar-refractivity contribution in [3.05, 3.63) is 48.3 Å². The van der Waals surface area contributed by atoms with Crippen molar-refractivity contribution in [2.24, 2.45) is 0 Å². The van der Waals surface area contributed by atoms with E-state index in [1.54, 1.807) is 13.3 Å². The third-order valence-electron chi connectivity index (χ3n) is 4.18. The summed E-state index contributed by atoms with van der Waals surface area (Å²) in [5.41, 5.74) is 0.562. The SMILES string of the molecule is COCCNC(=O)c1ccc(N2CCN(c3ccccn3)CC2)nc1. The van der Waals surface area contributed by atoms with E-state index in [-0.39, 0.29) is 5.91 Å². The molecule has 3 heterocycles. The van der Waals surface area contributed by atoms with Gasteiger partial charge in [0, 0.05) is 52.2 Å². The van der Waals surface area contributed by atoms with Crippen LogP contribution in [-0.2, 0) is 4.74 Å². The number of anilines is 2. The number of pyridine rings is 2. The zero-order valence-electron chi connectivity index (χ0n) is 14.4. The number of rotatable bonds is 6. The minimum absolute atomic E-state index is 0.129. The molecule has 0 bridgehead atoms. The standard InChI is InChI=1S/C18H23N5O2/c1-25-13-8-20-18(24)15-5-6-17(21-14-15)23-11-9-22(10-12-23)16-4-2-3-7-19-16/h2-7,14H,8-13H2,1H3,(H,20,24). The largest absolute Gasteiger partial charge is 0.383 e. The van der Waals surface area contributed by atoms with E-state index in [9.17, 15) is 4.79 Å². The summed E-state index contributed by atoms with van der Waals surface area (Å²) in [5.74, 6) is 1.78. The zero-order valence-corrected chi connectivity index (χ0v) is 14.4. The fourth-order valence-electron chi connectivity index (χ4n) is 2.78. The molecule has 1 aliphatic heterocycles. The molecule has 0 saturated carbocycles. The molecule has 0 radical (unpaired) electrons. The fraction of sp³-hybridized carbons (Fsp3) is 0.389. The van der Waals surface area contributed by atoms with E-state index >= 15 is 0 Å². The number of amides is 1. The molecule has 25 heavy (non-hydrogen) atoms. The molecule has 2 aromatic rings. The Morgan fingerprint density at radius 3 is 2.36 bits per heavy atom. The van der Waals surface area contributed by atoms with Gasteiger partial charge in [-0.2, -0.15) is 0 Å². The summed E-state index contributed by atoms with van der Waals surface area (Å²) in [6.45, 7) is 4.55. The van der Waals surface area contributed by atoms with Crippen molar-refractivity contribution in [2.75, 3.05) is 56.2 Å². The molecule has 3 rings (SSSR count). The molecule has 1 N–H and O–H groups in total. The van der Waals surface area contributed by atoms with Crippen LogP contribution in [0.4, 0.5) is 11.6 Å². The second kappa shape index (κ2) is 8.43. The molecule has 0 atom stereocenters. The lowest BCUT2D eigenvalue weighted by Crippen LogP contribution is -2.47. The first-order valence-corrected chi connectivity index (χ1v) is 8.42. The van der Waals surface area contributed by atoms with Crippen molar-refractivity contribution < 1.29 is 9.53 Å². The molecule has 0 spiro atoms. The lowest BCUT2D eigenvalue weighted by atomic mass is 10.2. The summed E-state index contributed by atoms with van der Waals surface area (Å²) in [5, 5.41) is 2.79. The van der Waals surface area contributed by atoms with Gasteiger partial charge in [-0.3, -0.25) is 4.79 Å². The van der Waals surface area contributed by atoms with E-state index in [1.807, 2.05) is 36.5 Å². The number of carbonyl (C=O) groups excluding carboxylic acids is 1. The number of hydrogen-bond donors (Lipinski definition) is 1. The third kappa shape index (κ3) is 4.45. The van der Waals surface area contributed by atoms with E-state index in [0.717, 1.165) is 37.8 Å². The molecule has 1 saturated heterocycles. The highest BCUT2D eigenvalue weighted by atomic mass is 16.5. The monoisotopic (exact) mass is 341 g/mol. The Bertz CT molecular complexity index is 670. The number of hydrogen-bond acceptors (Lipinski definition) is 6. The van der Waals surface area contributed by atoms with Crippen LogP contribution in [0.5, 0.6) is 0 Å². The van der Waals surface area contributed by atoms with E-state index in [0.29, 0.717) is 18.7 Å². The Morgan fingerprint density at radius 2 is 1.80 bits per heavy atom. The minimum Gasteiger partial charge on any atom is -0.383 e. The first-order chi connectivity index (χ1) is 12.3. The van der Waals surface area contributed by atoms with Gasteiger partial charge in [0.2, 0.25) is 0 Å². The van der Waals surface area contributed by atoms with Crippen LogP contribution >= 0.6 is 0 Å². The lowest BCUT2D eigenvalue weighted by Gasteiger charge is -2.36. The predicted molar refractivity (Wildman–Crippen MR) is 97.1 cm³/mol. The van der Waals surface area contributed by atoms with Gasteiger partial charge < -0.3 is 19.9 Å². The maximum Gasteiger partial charge on any atom is 0.252 e. The Hall–Kier alpha value is -2.67. The molecule has 7 nitrogen and oxygen atoms in total. The highest BCUT2D eigenvalue weighted by Gasteiger charge is 2.19. The number of ether oxygens (including phenoxy) is 1. The molecule has 1 aliphatic rings. The van der Waals surface area contributed by atoms with Crippen LogP contribution in [0.1, 0.15) is 10.4 Å². The van der Waals surface area contributed by atoms with E-state index in [1.165, 1.54) is 0 Å². The van der Waals surface area contributed by atoms with Crippen molar-refractivity contribution in [1.82, 2.24) is 15.3 Å². The van der Waals surface area contributed by atoms with Gasteiger partial charge in [-0.1, -0.05) is 6.07 Å². The van der Waals surface area contributed by atoms with Crippen LogP contribution in [0.3, 0.4) is 0 Å². The van der Waals surface area contributed by atoms with Gasteiger partial charge >= 0.3 is 0 Å². The van der Waals surface area contributed by atoms with Crippen LogP contribution in [0.15, 0.2) is 42.7 Å². The molecule has 132 valence electrons. The normalized spacial score (nSPS) is 14.4. The quantitative estimate of drug-likeness (QED) is 0.796. The molecule has 7 heteroatoms. The van der Waals surface area contributed by atoms with Gasteiger partial charge in [0.05, 0.1) is 12.2 Å². The van der Waals surface area contributed by atoms with Gasteiger partial charge in [0.25, 0.3) is 5.91 Å². The van der Waals surface area contributed by atoms with E-state index in [4.69, 9.17) is 4.74 Å². The average Bonchev–Trinajstić information content (AvgIpc) is 2.69. The first kappa shape index (κ1) is 17.2.